The van der Waals surface area contributed by atoms with Crippen molar-refractivity contribution in [2.75, 3.05) is 11.5 Å². The second-order valence-corrected chi connectivity index (χ2v) is 8.18. The van der Waals surface area contributed by atoms with Crippen LogP contribution in [-0.4, -0.2) is 45.7 Å². The molecule has 4 aromatic rings. The number of aromatic nitrogens is 8. The van der Waals surface area contributed by atoms with E-state index in [-0.39, 0.29) is 0 Å². The molecular weight excluding hydrogens is 374 g/mol. The Kier molecular flexibility index (Phi) is 4.47. The van der Waals surface area contributed by atoms with E-state index < -0.39 is 0 Å². The number of hydrogen-bond donors (Lipinski definition) is 3. The van der Waals surface area contributed by atoms with Crippen molar-refractivity contribution in [3.8, 4) is 11.3 Å². The minimum atomic E-state index is 0.376. The van der Waals surface area contributed by atoms with Crippen LogP contribution in [0.1, 0.15) is 31.7 Å². The fraction of sp³-hybridized carbons (Fsp3) is 0.389. The van der Waals surface area contributed by atoms with Gasteiger partial charge in [-0.05, 0) is 37.7 Å². The molecule has 0 spiro atoms. The molecule has 10 heteroatoms. The van der Waals surface area contributed by atoms with E-state index in [1.165, 1.54) is 12.8 Å². The average Bonchev–Trinajstić information content (AvgIpc) is 3.47. The lowest BCUT2D eigenvalue weighted by Gasteiger charge is -2.28. The molecule has 144 valence electrons. The molecule has 1 fully saturated rings. The predicted octanol–water partition coefficient (Wildman–Crippen LogP) is 3.05. The summed E-state index contributed by atoms with van der Waals surface area (Å²) in [7, 11) is 0. The first-order valence-electron chi connectivity index (χ1n) is 9.40. The fourth-order valence-electron chi connectivity index (χ4n) is 3.86. The van der Waals surface area contributed by atoms with Crippen LogP contribution in [0.5, 0.6) is 0 Å². The molecule has 4 aromatic heterocycles. The third-order valence-corrected chi connectivity index (χ3v) is 6.45. The molecule has 28 heavy (non-hydrogen) atoms. The lowest BCUT2D eigenvalue weighted by Crippen LogP contribution is -2.19. The smallest absolute Gasteiger partial charge is 0.220 e. The maximum Gasteiger partial charge on any atom is 0.220 e. The van der Waals surface area contributed by atoms with E-state index in [1.807, 2.05) is 18.5 Å². The second-order valence-electron chi connectivity index (χ2n) is 7.17. The van der Waals surface area contributed by atoms with Gasteiger partial charge in [0.2, 0.25) is 5.95 Å². The molecule has 1 aliphatic carbocycles. The van der Waals surface area contributed by atoms with Gasteiger partial charge in [0.15, 0.2) is 5.16 Å². The van der Waals surface area contributed by atoms with Crippen LogP contribution in [0.15, 0.2) is 36.1 Å². The maximum absolute atomic E-state index is 5.58. The Hall–Kier alpha value is -2.88. The Labute approximate surface area is 165 Å². The fourth-order valence-corrected chi connectivity index (χ4v) is 4.86. The summed E-state index contributed by atoms with van der Waals surface area (Å²) in [5.41, 5.74) is 8.39. The van der Waals surface area contributed by atoms with Gasteiger partial charge in [0.05, 0.1) is 17.9 Å². The predicted molar refractivity (Wildman–Crippen MR) is 108 cm³/mol. The SMILES string of the molecule is Nc1nnc(SC[C@H]2CC[C@@H](n3cc(-c4ncnc5[nH]ccc45)cn3)CC2)[nH]1. The van der Waals surface area contributed by atoms with Gasteiger partial charge >= 0.3 is 0 Å². The van der Waals surface area contributed by atoms with Crippen molar-refractivity contribution in [1.29, 1.82) is 0 Å². The second kappa shape index (κ2) is 7.27. The number of nitrogens with two attached hydrogens (primary N) is 1. The van der Waals surface area contributed by atoms with Gasteiger partial charge in [-0.3, -0.25) is 4.68 Å². The van der Waals surface area contributed by atoms with E-state index in [0.717, 1.165) is 46.0 Å². The number of H-pyrrole nitrogens is 2. The highest BCUT2D eigenvalue weighted by Gasteiger charge is 2.24. The monoisotopic (exact) mass is 395 g/mol. The number of hydrogen-bond acceptors (Lipinski definition) is 7. The molecule has 0 atom stereocenters. The van der Waals surface area contributed by atoms with Crippen LogP contribution < -0.4 is 5.73 Å². The van der Waals surface area contributed by atoms with Crippen LogP contribution in [-0.2, 0) is 0 Å². The first-order valence-corrected chi connectivity index (χ1v) is 10.4. The molecule has 0 saturated heterocycles. The molecule has 0 aliphatic heterocycles. The molecule has 4 N–H and O–H groups in total. The Morgan fingerprint density at radius 1 is 1.18 bits per heavy atom. The van der Waals surface area contributed by atoms with Crippen LogP contribution in [0.4, 0.5) is 5.95 Å². The summed E-state index contributed by atoms with van der Waals surface area (Å²) in [5, 5.41) is 14.3. The first kappa shape index (κ1) is 17.2. The highest BCUT2D eigenvalue weighted by Crippen LogP contribution is 2.35. The number of nitrogens with zero attached hydrogens (tertiary/aromatic N) is 6. The number of fused-ring (bicyclic) bond motifs is 1. The molecule has 0 unspecified atom stereocenters. The highest BCUT2D eigenvalue weighted by molar-refractivity contribution is 7.99. The number of rotatable bonds is 5. The van der Waals surface area contributed by atoms with Gasteiger partial charge < -0.3 is 15.7 Å². The third-order valence-electron chi connectivity index (χ3n) is 5.36. The molecular formula is C18H21N9S. The van der Waals surface area contributed by atoms with Crippen molar-refractivity contribution >= 4 is 28.7 Å². The largest absolute Gasteiger partial charge is 0.368 e. The molecule has 1 saturated carbocycles. The van der Waals surface area contributed by atoms with E-state index in [0.29, 0.717) is 17.9 Å². The third kappa shape index (κ3) is 3.35. The van der Waals surface area contributed by atoms with Gasteiger partial charge in [0, 0.05) is 29.1 Å². The zero-order valence-corrected chi connectivity index (χ0v) is 16.1. The van der Waals surface area contributed by atoms with Gasteiger partial charge in [-0.15, -0.1) is 10.2 Å². The molecule has 0 amide bonds. The van der Waals surface area contributed by atoms with Gasteiger partial charge in [-0.2, -0.15) is 5.10 Å². The molecule has 0 aromatic carbocycles. The number of thioether (sulfide) groups is 1. The van der Waals surface area contributed by atoms with Crippen molar-refractivity contribution < 1.29 is 0 Å². The minimum absolute atomic E-state index is 0.376. The summed E-state index contributed by atoms with van der Waals surface area (Å²) >= 11 is 1.70. The van der Waals surface area contributed by atoms with E-state index in [2.05, 4.69) is 46.1 Å². The van der Waals surface area contributed by atoms with Crippen molar-refractivity contribution in [3.63, 3.8) is 0 Å². The topological polar surface area (TPSA) is 127 Å². The standard InChI is InChI=1S/C18H21N9S/c19-17-24-18(26-25-17)28-9-11-1-3-13(4-2-11)27-8-12(7-23-27)15-14-5-6-20-16(14)22-10-21-15/h5-8,10-11,13H,1-4,9H2,(H,20,21,22)(H3,19,24,25,26)/t11-,13+. The first-order chi connectivity index (χ1) is 13.8. The Bertz CT molecular complexity index is 1070. The average molecular weight is 395 g/mol. The normalized spacial score (nSPS) is 20.0. The van der Waals surface area contributed by atoms with Crippen LogP contribution >= 0.6 is 11.8 Å². The lowest BCUT2D eigenvalue weighted by atomic mass is 9.87. The molecule has 1 aliphatic rings. The molecule has 0 bridgehead atoms. The molecule has 9 nitrogen and oxygen atoms in total. The van der Waals surface area contributed by atoms with Crippen LogP contribution in [0.2, 0.25) is 0 Å². The van der Waals surface area contributed by atoms with E-state index in [9.17, 15) is 0 Å². The van der Waals surface area contributed by atoms with Crippen molar-refractivity contribution in [1.82, 2.24) is 39.9 Å². The summed E-state index contributed by atoms with van der Waals surface area (Å²) < 4.78 is 2.11. The molecule has 4 heterocycles. The van der Waals surface area contributed by atoms with Gasteiger partial charge in [0.1, 0.15) is 12.0 Å². The van der Waals surface area contributed by atoms with Crippen LogP contribution in [0, 0.1) is 5.92 Å². The molecule has 0 radical (unpaired) electrons. The highest BCUT2D eigenvalue weighted by atomic mass is 32.2. The molecule has 5 rings (SSSR count). The zero-order valence-electron chi connectivity index (χ0n) is 15.2. The van der Waals surface area contributed by atoms with Crippen LogP contribution in [0.25, 0.3) is 22.3 Å². The van der Waals surface area contributed by atoms with E-state index in [1.54, 1.807) is 18.1 Å². The summed E-state index contributed by atoms with van der Waals surface area (Å²) in [5.74, 6) is 2.10. The Morgan fingerprint density at radius 3 is 2.89 bits per heavy atom. The number of anilines is 1. The summed E-state index contributed by atoms with van der Waals surface area (Å²) in [4.78, 5) is 14.8. The van der Waals surface area contributed by atoms with E-state index >= 15 is 0 Å². The Morgan fingerprint density at radius 2 is 2.07 bits per heavy atom. The summed E-state index contributed by atoms with van der Waals surface area (Å²) in [6.07, 6.45) is 12.1. The summed E-state index contributed by atoms with van der Waals surface area (Å²) in [6, 6.07) is 2.45. The minimum Gasteiger partial charge on any atom is -0.368 e. The number of nitrogens with one attached hydrogen (secondary N) is 2. The van der Waals surface area contributed by atoms with E-state index in [4.69, 9.17) is 5.73 Å². The Balaban J connectivity index is 1.22. The van der Waals surface area contributed by atoms with Crippen molar-refractivity contribution in [3.05, 3.63) is 31.0 Å². The van der Waals surface area contributed by atoms with Crippen molar-refractivity contribution in [2.45, 2.75) is 36.9 Å². The quantitative estimate of drug-likeness (QED) is 0.443. The zero-order chi connectivity index (χ0) is 18.9. The summed E-state index contributed by atoms with van der Waals surface area (Å²) in [6.45, 7) is 0. The van der Waals surface area contributed by atoms with Crippen molar-refractivity contribution in [2.24, 2.45) is 5.92 Å². The maximum atomic E-state index is 5.58. The lowest BCUT2D eigenvalue weighted by molar-refractivity contribution is 0.277. The van der Waals surface area contributed by atoms with Gasteiger partial charge in [-0.25, -0.2) is 9.97 Å². The number of aromatic amines is 2. The van der Waals surface area contributed by atoms with Gasteiger partial charge in [-0.1, -0.05) is 11.8 Å². The number of nitrogen functional groups attached to an aromatic ring is 1. The van der Waals surface area contributed by atoms with Crippen LogP contribution in [0.3, 0.4) is 0 Å². The van der Waals surface area contributed by atoms with Gasteiger partial charge in [0.25, 0.3) is 0 Å².